The average molecular weight is 278 g/mol. The second kappa shape index (κ2) is 5.61. The van der Waals surface area contributed by atoms with Crippen LogP contribution in [0.25, 0.3) is 0 Å². The molecule has 0 aromatic carbocycles. The van der Waals surface area contributed by atoms with Crippen molar-refractivity contribution in [2.45, 2.75) is 13.5 Å². The summed E-state index contributed by atoms with van der Waals surface area (Å²) in [5.74, 6) is 0.551. The quantitative estimate of drug-likeness (QED) is 0.374. The number of hydrogen-bond donors (Lipinski definition) is 2. The lowest BCUT2D eigenvalue weighted by Gasteiger charge is -2.18. The third-order valence-corrected chi connectivity index (χ3v) is 3.33. The predicted octanol–water partition coefficient (Wildman–Crippen LogP) is 0.972. The van der Waals surface area contributed by atoms with Crippen LogP contribution >= 0.6 is 11.3 Å². The molecule has 0 spiro atoms. The van der Waals surface area contributed by atoms with Crippen LogP contribution < -0.4 is 10.6 Å². The zero-order chi connectivity index (χ0) is 13.8. The molecule has 0 fully saturated rings. The maximum atomic E-state index is 8.77. The molecule has 7 nitrogen and oxygen atoms in total. The van der Waals surface area contributed by atoms with E-state index in [9.17, 15) is 0 Å². The van der Waals surface area contributed by atoms with Crippen LogP contribution in [0.4, 0.5) is 5.82 Å². The highest BCUT2D eigenvalue weighted by molar-refractivity contribution is 7.09. The van der Waals surface area contributed by atoms with Gasteiger partial charge in [0, 0.05) is 12.4 Å². The normalized spacial score (nSPS) is 11.6. The van der Waals surface area contributed by atoms with Crippen molar-refractivity contribution in [1.82, 2.24) is 15.2 Å². The zero-order valence-corrected chi connectivity index (χ0v) is 11.4. The van der Waals surface area contributed by atoms with E-state index in [0.717, 1.165) is 10.7 Å². The van der Waals surface area contributed by atoms with Crippen molar-refractivity contribution in [2.75, 3.05) is 11.9 Å². The fourth-order valence-corrected chi connectivity index (χ4v) is 2.26. The Morgan fingerprint density at radius 3 is 3.00 bits per heavy atom. The molecule has 3 N–H and O–H groups in total. The third-order valence-electron chi connectivity index (χ3n) is 2.51. The zero-order valence-electron chi connectivity index (χ0n) is 10.6. The lowest BCUT2D eigenvalue weighted by atomic mass is 10.2. The van der Waals surface area contributed by atoms with E-state index in [0.29, 0.717) is 17.9 Å². The molecule has 2 aromatic heterocycles. The van der Waals surface area contributed by atoms with Gasteiger partial charge in [-0.1, -0.05) is 5.16 Å². The molecule has 0 atom stereocenters. The molecule has 0 bridgehead atoms. The molecule has 0 radical (unpaired) electrons. The number of oxime groups is 1. The van der Waals surface area contributed by atoms with Crippen LogP contribution in [0.3, 0.4) is 0 Å². The van der Waals surface area contributed by atoms with Gasteiger partial charge in [-0.15, -0.1) is 16.4 Å². The summed E-state index contributed by atoms with van der Waals surface area (Å²) in [6.45, 7) is 2.53. The minimum Gasteiger partial charge on any atom is -0.409 e. The lowest BCUT2D eigenvalue weighted by Crippen LogP contribution is -2.24. The first-order valence-corrected chi connectivity index (χ1v) is 6.41. The Labute approximate surface area is 114 Å². The molecule has 2 rings (SSSR count). The van der Waals surface area contributed by atoms with Crippen LogP contribution in [0.15, 0.2) is 22.8 Å². The molecular weight excluding hydrogens is 264 g/mol. The minimum absolute atomic E-state index is 0.00575. The molecule has 2 aromatic rings. The van der Waals surface area contributed by atoms with E-state index in [1.165, 1.54) is 6.20 Å². The Hall–Kier alpha value is -2.22. The summed E-state index contributed by atoms with van der Waals surface area (Å²) in [4.78, 5) is 6.24. The van der Waals surface area contributed by atoms with Gasteiger partial charge in [0.1, 0.15) is 0 Å². The second-order valence-corrected chi connectivity index (χ2v) is 5.03. The van der Waals surface area contributed by atoms with Crippen molar-refractivity contribution in [1.29, 1.82) is 0 Å². The number of aromatic nitrogens is 3. The molecule has 0 amide bonds. The molecule has 0 aliphatic rings. The smallest absolute Gasteiger partial charge is 0.173 e. The average Bonchev–Trinajstić information content (AvgIpc) is 2.83. The van der Waals surface area contributed by atoms with Gasteiger partial charge in [0.15, 0.2) is 11.7 Å². The standard InChI is InChI=1S/C11H14N6OS/c1-7-14-8(6-19-7)5-17(2)11-9(10(12)16-18)3-4-13-15-11/h3-4,6,18H,5H2,1-2H3,(H2,12,16). The molecule has 0 aliphatic carbocycles. The summed E-state index contributed by atoms with van der Waals surface area (Å²) in [7, 11) is 1.85. The van der Waals surface area contributed by atoms with Gasteiger partial charge in [0.05, 0.1) is 29.0 Å². The number of thiazole rings is 1. The van der Waals surface area contributed by atoms with E-state index in [1.807, 2.05) is 24.3 Å². The third kappa shape index (κ3) is 2.97. The number of aryl methyl sites for hydroxylation is 1. The Kier molecular flexibility index (Phi) is 3.91. The molecule has 19 heavy (non-hydrogen) atoms. The fraction of sp³-hybridized carbons (Fsp3) is 0.273. The Morgan fingerprint density at radius 1 is 1.58 bits per heavy atom. The van der Waals surface area contributed by atoms with Crippen LogP contribution in [0.5, 0.6) is 0 Å². The first kappa shape index (κ1) is 13.2. The topological polar surface area (TPSA) is 101 Å². The van der Waals surface area contributed by atoms with Gasteiger partial charge >= 0.3 is 0 Å². The number of amidine groups is 1. The highest BCUT2D eigenvalue weighted by Crippen LogP contribution is 2.18. The van der Waals surface area contributed by atoms with Crippen LogP contribution in [-0.4, -0.2) is 33.3 Å². The Morgan fingerprint density at radius 2 is 2.37 bits per heavy atom. The predicted molar refractivity (Wildman–Crippen MR) is 73.5 cm³/mol. The van der Waals surface area contributed by atoms with Gasteiger partial charge in [-0.25, -0.2) is 4.98 Å². The molecule has 0 aliphatic heterocycles. The van der Waals surface area contributed by atoms with E-state index < -0.39 is 0 Å². The van der Waals surface area contributed by atoms with Crippen LogP contribution in [-0.2, 0) is 6.54 Å². The number of nitrogens with two attached hydrogens (primary N) is 1. The van der Waals surface area contributed by atoms with E-state index in [2.05, 4.69) is 20.3 Å². The van der Waals surface area contributed by atoms with Gasteiger partial charge in [-0.2, -0.15) is 5.10 Å². The molecular formula is C11H14N6OS. The second-order valence-electron chi connectivity index (χ2n) is 3.97. The van der Waals surface area contributed by atoms with Crippen LogP contribution in [0.2, 0.25) is 0 Å². The largest absolute Gasteiger partial charge is 0.409 e. The highest BCUT2D eigenvalue weighted by atomic mass is 32.1. The summed E-state index contributed by atoms with van der Waals surface area (Å²) in [5, 5.41) is 22.6. The number of nitrogens with zero attached hydrogens (tertiary/aromatic N) is 5. The Bertz CT molecular complexity index is 596. The maximum Gasteiger partial charge on any atom is 0.173 e. The summed E-state index contributed by atoms with van der Waals surface area (Å²) in [6, 6.07) is 1.65. The van der Waals surface area contributed by atoms with Gasteiger partial charge < -0.3 is 15.8 Å². The molecule has 0 saturated heterocycles. The summed E-state index contributed by atoms with van der Waals surface area (Å²) in [5.41, 5.74) is 7.10. The monoisotopic (exact) mass is 278 g/mol. The van der Waals surface area contributed by atoms with Crippen molar-refractivity contribution in [3.63, 3.8) is 0 Å². The minimum atomic E-state index is 0.00575. The first-order valence-electron chi connectivity index (χ1n) is 5.53. The number of rotatable bonds is 4. The SMILES string of the molecule is Cc1nc(CN(C)c2nnccc2/C(N)=N/O)cs1. The molecule has 100 valence electrons. The van der Waals surface area contributed by atoms with Crippen LogP contribution in [0, 0.1) is 6.92 Å². The maximum absolute atomic E-state index is 8.77. The number of anilines is 1. The van der Waals surface area contributed by atoms with Crippen molar-refractivity contribution < 1.29 is 5.21 Å². The summed E-state index contributed by atoms with van der Waals surface area (Å²) >= 11 is 1.59. The Balaban J connectivity index is 2.26. The van der Waals surface area contributed by atoms with Crippen LogP contribution in [0.1, 0.15) is 16.3 Å². The molecule has 0 unspecified atom stereocenters. The summed E-state index contributed by atoms with van der Waals surface area (Å²) in [6.07, 6.45) is 1.50. The fourth-order valence-electron chi connectivity index (χ4n) is 1.66. The molecule has 8 heteroatoms. The van der Waals surface area contributed by atoms with E-state index in [1.54, 1.807) is 17.4 Å². The van der Waals surface area contributed by atoms with E-state index in [-0.39, 0.29) is 5.84 Å². The van der Waals surface area contributed by atoms with Crippen molar-refractivity contribution in [2.24, 2.45) is 10.9 Å². The van der Waals surface area contributed by atoms with E-state index in [4.69, 9.17) is 10.9 Å². The first-order chi connectivity index (χ1) is 9.11. The highest BCUT2D eigenvalue weighted by Gasteiger charge is 2.14. The molecule has 2 heterocycles. The van der Waals surface area contributed by atoms with Crippen molar-refractivity contribution >= 4 is 23.0 Å². The number of hydrogen-bond acceptors (Lipinski definition) is 7. The van der Waals surface area contributed by atoms with Gasteiger partial charge in [0.2, 0.25) is 0 Å². The van der Waals surface area contributed by atoms with Gasteiger partial charge in [-0.05, 0) is 13.0 Å². The van der Waals surface area contributed by atoms with Gasteiger partial charge in [-0.3, -0.25) is 0 Å². The van der Waals surface area contributed by atoms with E-state index >= 15 is 0 Å². The van der Waals surface area contributed by atoms with Gasteiger partial charge in [0.25, 0.3) is 0 Å². The molecule has 0 saturated carbocycles. The van der Waals surface area contributed by atoms with Crippen molar-refractivity contribution in [3.05, 3.63) is 33.9 Å². The van der Waals surface area contributed by atoms with Crippen molar-refractivity contribution in [3.8, 4) is 0 Å². The summed E-state index contributed by atoms with van der Waals surface area (Å²) < 4.78 is 0. The lowest BCUT2D eigenvalue weighted by molar-refractivity contribution is 0.318.